The largest absolute Gasteiger partial charge is 0.396 e. The third-order valence-corrected chi connectivity index (χ3v) is 2.51. The Bertz CT molecular complexity index is 452. The lowest BCUT2D eigenvalue weighted by molar-refractivity contribution is -0.385. The smallest absolute Gasteiger partial charge is 0.332 e. The SMILES string of the molecule is CCNc1nc(C)c([N+](=O)[O-])c(NCC(C)CO)n1. The first-order valence-corrected chi connectivity index (χ1v) is 6.11. The van der Waals surface area contributed by atoms with Crippen molar-refractivity contribution in [2.75, 3.05) is 30.3 Å². The Morgan fingerprint density at radius 3 is 2.63 bits per heavy atom. The molecule has 3 N–H and O–H groups in total. The Morgan fingerprint density at radius 2 is 2.11 bits per heavy atom. The standard InChI is InChI=1S/C11H19N5O3/c1-4-12-11-14-8(3)9(16(18)19)10(15-11)13-5-7(2)6-17/h7,17H,4-6H2,1-3H3,(H2,12,13,14,15). The van der Waals surface area contributed by atoms with E-state index in [4.69, 9.17) is 5.11 Å². The number of rotatable bonds is 7. The maximum atomic E-state index is 11.0. The van der Waals surface area contributed by atoms with E-state index in [9.17, 15) is 10.1 Å². The van der Waals surface area contributed by atoms with Gasteiger partial charge in [-0.3, -0.25) is 10.1 Å². The van der Waals surface area contributed by atoms with Gasteiger partial charge in [-0.25, -0.2) is 4.98 Å². The first kappa shape index (κ1) is 15.1. The van der Waals surface area contributed by atoms with Gasteiger partial charge in [0.1, 0.15) is 5.69 Å². The Morgan fingerprint density at radius 1 is 1.42 bits per heavy atom. The minimum atomic E-state index is -0.503. The van der Waals surface area contributed by atoms with E-state index in [2.05, 4.69) is 20.6 Å². The van der Waals surface area contributed by atoms with E-state index in [0.29, 0.717) is 24.7 Å². The molecular formula is C11H19N5O3. The van der Waals surface area contributed by atoms with Gasteiger partial charge < -0.3 is 15.7 Å². The fourth-order valence-electron chi connectivity index (χ4n) is 1.48. The number of anilines is 2. The second-order valence-electron chi connectivity index (χ2n) is 4.29. The van der Waals surface area contributed by atoms with E-state index in [1.807, 2.05) is 13.8 Å². The van der Waals surface area contributed by atoms with Crippen molar-refractivity contribution in [2.24, 2.45) is 5.92 Å². The zero-order chi connectivity index (χ0) is 14.4. The van der Waals surface area contributed by atoms with Crippen LogP contribution in [0.2, 0.25) is 0 Å². The summed E-state index contributed by atoms with van der Waals surface area (Å²) in [6.45, 7) is 6.33. The number of aliphatic hydroxyl groups excluding tert-OH is 1. The summed E-state index contributed by atoms with van der Waals surface area (Å²) in [5, 5.41) is 25.8. The average Bonchev–Trinajstić information content (AvgIpc) is 2.35. The van der Waals surface area contributed by atoms with Crippen molar-refractivity contribution < 1.29 is 10.0 Å². The van der Waals surface area contributed by atoms with Gasteiger partial charge in [-0.05, 0) is 19.8 Å². The maximum absolute atomic E-state index is 11.0. The Labute approximate surface area is 111 Å². The molecule has 0 aliphatic carbocycles. The van der Waals surface area contributed by atoms with Crippen molar-refractivity contribution >= 4 is 17.5 Å². The Kier molecular flexibility index (Phi) is 5.43. The third-order valence-electron chi connectivity index (χ3n) is 2.51. The maximum Gasteiger partial charge on any atom is 0.332 e. The summed E-state index contributed by atoms with van der Waals surface area (Å²) in [5.74, 6) is 0.510. The van der Waals surface area contributed by atoms with Gasteiger partial charge in [0.05, 0.1) is 4.92 Å². The van der Waals surface area contributed by atoms with Crippen molar-refractivity contribution in [1.29, 1.82) is 0 Å². The van der Waals surface area contributed by atoms with Gasteiger partial charge in [0, 0.05) is 19.7 Å². The molecule has 0 amide bonds. The van der Waals surface area contributed by atoms with Gasteiger partial charge in [0.2, 0.25) is 11.8 Å². The van der Waals surface area contributed by atoms with Crippen LogP contribution in [-0.2, 0) is 0 Å². The predicted molar refractivity (Wildman–Crippen MR) is 72.3 cm³/mol. The second-order valence-corrected chi connectivity index (χ2v) is 4.29. The normalized spacial score (nSPS) is 12.0. The van der Waals surface area contributed by atoms with E-state index in [1.165, 1.54) is 0 Å². The summed E-state index contributed by atoms with van der Waals surface area (Å²) < 4.78 is 0. The van der Waals surface area contributed by atoms with Crippen molar-refractivity contribution in [3.05, 3.63) is 15.8 Å². The lowest BCUT2D eigenvalue weighted by atomic mass is 10.2. The zero-order valence-corrected chi connectivity index (χ0v) is 11.3. The molecule has 0 bridgehead atoms. The highest BCUT2D eigenvalue weighted by atomic mass is 16.6. The number of hydrogen-bond donors (Lipinski definition) is 3. The quantitative estimate of drug-likeness (QED) is 0.503. The fraction of sp³-hybridized carbons (Fsp3) is 0.636. The molecule has 0 spiro atoms. The monoisotopic (exact) mass is 269 g/mol. The Hall–Kier alpha value is -1.96. The van der Waals surface area contributed by atoms with Crippen LogP contribution in [0.4, 0.5) is 17.5 Å². The molecule has 0 saturated carbocycles. The van der Waals surface area contributed by atoms with E-state index in [0.717, 1.165) is 0 Å². The summed E-state index contributed by atoms with van der Waals surface area (Å²) in [5.41, 5.74) is 0.168. The molecule has 8 heteroatoms. The van der Waals surface area contributed by atoms with Crippen LogP contribution in [0.3, 0.4) is 0 Å². The van der Waals surface area contributed by atoms with Gasteiger partial charge in [-0.2, -0.15) is 4.98 Å². The van der Waals surface area contributed by atoms with Gasteiger partial charge in [0.25, 0.3) is 0 Å². The summed E-state index contributed by atoms with van der Waals surface area (Å²) in [4.78, 5) is 18.7. The zero-order valence-electron chi connectivity index (χ0n) is 11.3. The molecule has 1 heterocycles. The van der Waals surface area contributed by atoms with Gasteiger partial charge in [-0.1, -0.05) is 6.92 Å². The lowest BCUT2D eigenvalue weighted by Crippen LogP contribution is -2.17. The molecule has 0 aromatic carbocycles. The molecule has 1 aromatic rings. The van der Waals surface area contributed by atoms with Crippen molar-refractivity contribution in [3.8, 4) is 0 Å². The molecule has 0 aliphatic rings. The molecule has 1 atom stereocenters. The van der Waals surface area contributed by atoms with Crippen LogP contribution in [-0.4, -0.2) is 39.7 Å². The number of nitrogens with zero attached hydrogens (tertiary/aromatic N) is 3. The number of nitro groups is 1. The van der Waals surface area contributed by atoms with E-state index >= 15 is 0 Å². The van der Waals surface area contributed by atoms with Crippen LogP contribution >= 0.6 is 0 Å². The second kappa shape index (κ2) is 6.83. The molecule has 1 unspecified atom stereocenters. The van der Waals surface area contributed by atoms with E-state index in [1.54, 1.807) is 6.92 Å². The van der Waals surface area contributed by atoms with Crippen molar-refractivity contribution in [3.63, 3.8) is 0 Å². The van der Waals surface area contributed by atoms with Gasteiger partial charge >= 0.3 is 5.69 Å². The Balaban J connectivity index is 3.05. The highest BCUT2D eigenvalue weighted by Crippen LogP contribution is 2.26. The molecule has 0 radical (unpaired) electrons. The van der Waals surface area contributed by atoms with E-state index < -0.39 is 4.92 Å². The highest BCUT2D eigenvalue weighted by Gasteiger charge is 2.22. The van der Waals surface area contributed by atoms with Crippen LogP contribution in [0.1, 0.15) is 19.5 Å². The summed E-state index contributed by atoms with van der Waals surface area (Å²) >= 11 is 0. The molecule has 8 nitrogen and oxygen atoms in total. The third kappa shape index (κ3) is 4.02. The highest BCUT2D eigenvalue weighted by molar-refractivity contribution is 5.60. The van der Waals surface area contributed by atoms with Crippen LogP contribution in [0.15, 0.2) is 0 Å². The number of aromatic nitrogens is 2. The molecule has 19 heavy (non-hydrogen) atoms. The fourth-order valence-corrected chi connectivity index (χ4v) is 1.48. The molecule has 1 rings (SSSR count). The number of nitrogens with one attached hydrogen (secondary N) is 2. The topological polar surface area (TPSA) is 113 Å². The molecule has 0 fully saturated rings. The first-order chi connectivity index (χ1) is 8.99. The number of aryl methyl sites for hydroxylation is 1. The van der Waals surface area contributed by atoms with Crippen LogP contribution in [0, 0.1) is 23.0 Å². The van der Waals surface area contributed by atoms with Gasteiger partial charge in [0.15, 0.2) is 0 Å². The summed E-state index contributed by atoms with van der Waals surface area (Å²) in [6.07, 6.45) is 0. The number of aliphatic hydroxyl groups is 1. The first-order valence-electron chi connectivity index (χ1n) is 6.11. The predicted octanol–water partition coefficient (Wildman–Crippen LogP) is 1.17. The minimum Gasteiger partial charge on any atom is -0.396 e. The molecule has 1 aromatic heterocycles. The number of hydrogen-bond acceptors (Lipinski definition) is 7. The molecule has 106 valence electrons. The molecule has 0 aliphatic heterocycles. The van der Waals surface area contributed by atoms with Crippen LogP contribution in [0.25, 0.3) is 0 Å². The molecule has 0 saturated heterocycles. The van der Waals surface area contributed by atoms with E-state index in [-0.39, 0.29) is 24.0 Å². The lowest BCUT2D eigenvalue weighted by Gasteiger charge is -2.12. The van der Waals surface area contributed by atoms with Crippen LogP contribution in [0.5, 0.6) is 0 Å². The minimum absolute atomic E-state index is 0.00489. The van der Waals surface area contributed by atoms with Crippen LogP contribution < -0.4 is 10.6 Å². The molecular weight excluding hydrogens is 250 g/mol. The summed E-state index contributed by atoms with van der Waals surface area (Å²) in [6, 6.07) is 0. The van der Waals surface area contributed by atoms with Crippen molar-refractivity contribution in [1.82, 2.24) is 9.97 Å². The van der Waals surface area contributed by atoms with Gasteiger partial charge in [-0.15, -0.1) is 0 Å². The average molecular weight is 269 g/mol. The summed E-state index contributed by atoms with van der Waals surface area (Å²) in [7, 11) is 0. The van der Waals surface area contributed by atoms with Crippen molar-refractivity contribution in [2.45, 2.75) is 20.8 Å².